The summed E-state index contributed by atoms with van der Waals surface area (Å²) in [5.74, 6) is -0.159. The van der Waals surface area contributed by atoms with E-state index in [1.165, 1.54) is 0 Å². The summed E-state index contributed by atoms with van der Waals surface area (Å²) in [7, 11) is -2.94. The average molecular weight is 252 g/mol. The second-order valence-corrected chi connectivity index (χ2v) is 5.22. The van der Waals surface area contributed by atoms with Crippen molar-refractivity contribution in [2.75, 3.05) is 13.7 Å². The lowest BCUT2D eigenvalue weighted by atomic mass is 9.93. The highest BCUT2D eigenvalue weighted by Crippen LogP contribution is 2.12. The monoisotopic (exact) mass is 252 g/mol. The molecular formula is C7H16N4O4S. The number of hydrogen-bond acceptors (Lipinski definition) is 5. The number of amidine groups is 1. The molecule has 0 aliphatic carbocycles. The summed E-state index contributed by atoms with van der Waals surface area (Å²) < 4.78 is 30.3. The van der Waals surface area contributed by atoms with Crippen molar-refractivity contribution in [1.29, 1.82) is 5.41 Å². The van der Waals surface area contributed by atoms with Gasteiger partial charge in [-0.15, -0.1) is 0 Å². The standard InChI is InChI=1S/C7H16N4O4S/c1-7(2,5(8)9)4-10-16(13,14)11-6(12)15-3/h10H,4H2,1-3H3,(H3,8,9)(H,11,12). The first-order valence-corrected chi connectivity index (χ1v) is 5.79. The molecule has 0 spiro atoms. The second-order valence-electron chi connectivity index (χ2n) is 3.72. The topological polar surface area (TPSA) is 134 Å². The molecule has 0 unspecified atom stereocenters. The number of carbonyl (C=O) groups is 1. The third-order valence-corrected chi connectivity index (χ3v) is 2.80. The molecule has 0 aliphatic heterocycles. The van der Waals surface area contributed by atoms with Crippen molar-refractivity contribution in [1.82, 2.24) is 9.44 Å². The molecule has 0 saturated carbocycles. The van der Waals surface area contributed by atoms with Crippen LogP contribution < -0.4 is 15.2 Å². The maximum absolute atomic E-state index is 11.2. The Morgan fingerprint density at radius 2 is 2.00 bits per heavy atom. The number of amides is 1. The van der Waals surface area contributed by atoms with Crippen LogP contribution in [0, 0.1) is 10.8 Å². The molecule has 0 fully saturated rings. The second kappa shape index (κ2) is 5.12. The summed E-state index contributed by atoms with van der Waals surface area (Å²) in [4.78, 5) is 10.7. The van der Waals surface area contributed by atoms with Gasteiger partial charge in [-0.3, -0.25) is 5.41 Å². The van der Waals surface area contributed by atoms with Gasteiger partial charge in [-0.05, 0) is 0 Å². The van der Waals surface area contributed by atoms with E-state index >= 15 is 0 Å². The highest BCUT2D eigenvalue weighted by Gasteiger charge is 2.25. The van der Waals surface area contributed by atoms with E-state index in [0.29, 0.717) is 0 Å². The number of methoxy groups -OCH3 is 1. The molecule has 0 rings (SSSR count). The van der Waals surface area contributed by atoms with Crippen molar-refractivity contribution in [2.24, 2.45) is 11.1 Å². The van der Waals surface area contributed by atoms with Crippen LogP contribution in [0.3, 0.4) is 0 Å². The largest absolute Gasteiger partial charge is 0.452 e. The third-order valence-electron chi connectivity index (χ3n) is 1.84. The van der Waals surface area contributed by atoms with E-state index < -0.39 is 21.7 Å². The zero-order chi connectivity index (χ0) is 13.0. The van der Waals surface area contributed by atoms with Crippen molar-refractivity contribution >= 4 is 22.1 Å². The van der Waals surface area contributed by atoms with Crippen LogP contribution in [-0.4, -0.2) is 34.0 Å². The highest BCUT2D eigenvalue weighted by atomic mass is 32.2. The Labute approximate surface area is 94.2 Å². The molecular weight excluding hydrogens is 236 g/mol. The van der Waals surface area contributed by atoms with Gasteiger partial charge in [-0.25, -0.2) is 9.52 Å². The zero-order valence-electron chi connectivity index (χ0n) is 9.33. The van der Waals surface area contributed by atoms with E-state index in [0.717, 1.165) is 7.11 Å². The molecule has 1 amide bonds. The molecule has 8 nitrogen and oxygen atoms in total. The van der Waals surface area contributed by atoms with E-state index in [1.807, 2.05) is 0 Å². The molecule has 0 aromatic heterocycles. The fourth-order valence-corrected chi connectivity index (χ4v) is 1.48. The molecule has 5 N–H and O–H groups in total. The Morgan fingerprint density at radius 3 is 2.38 bits per heavy atom. The lowest BCUT2D eigenvalue weighted by Gasteiger charge is -2.22. The fraction of sp³-hybridized carbons (Fsp3) is 0.714. The first-order chi connectivity index (χ1) is 7.10. The number of hydrogen-bond donors (Lipinski definition) is 4. The van der Waals surface area contributed by atoms with Gasteiger partial charge in [0.2, 0.25) is 0 Å². The van der Waals surface area contributed by atoms with Gasteiger partial charge in [-0.1, -0.05) is 13.8 Å². The van der Waals surface area contributed by atoms with Crippen molar-refractivity contribution < 1.29 is 17.9 Å². The minimum atomic E-state index is -3.99. The summed E-state index contributed by atoms with van der Waals surface area (Å²) in [6.07, 6.45) is -1.09. The van der Waals surface area contributed by atoms with Gasteiger partial charge >= 0.3 is 16.3 Å². The number of rotatable bonds is 5. The summed E-state index contributed by atoms with van der Waals surface area (Å²) in [5, 5.41) is 7.21. The summed E-state index contributed by atoms with van der Waals surface area (Å²) in [5.41, 5.74) is 4.43. The molecule has 0 radical (unpaired) electrons. The Kier molecular flexibility index (Phi) is 4.69. The number of carbonyl (C=O) groups excluding carboxylic acids is 1. The fourth-order valence-electron chi connectivity index (χ4n) is 0.558. The summed E-state index contributed by atoms with van der Waals surface area (Å²) in [6, 6.07) is 0. The van der Waals surface area contributed by atoms with E-state index in [4.69, 9.17) is 11.1 Å². The lowest BCUT2D eigenvalue weighted by Crippen LogP contribution is -2.47. The van der Waals surface area contributed by atoms with Gasteiger partial charge in [0, 0.05) is 12.0 Å². The number of nitrogens with two attached hydrogens (primary N) is 1. The first-order valence-electron chi connectivity index (χ1n) is 4.30. The smallest absolute Gasteiger partial charge is 0.421 e. The van der Waals surface area contributed by atoms with Gasteiger partial charge in [0.15, 0.2) is 0 Å². The van der Waals surface area contributed by atoms with Crippen molar-refractivity contribution in [3.63, 3.8) is 0 Å². The van der Waals surface area contributed by atoms with Gasteiger partial charge in [0.1, 0.15) is 0 Å². The molecule has 0 heterocycles. The minimum absolute atomic E-state index is 0.103. The number of nitrogens with one attached hydrogen (secondary N) is 3. The molecule has 16 heavy (non-hydrogen) atoms. The molecule has 9 heteroatoms. The maximum Gasteiger partial charge on any atom is 0.421 e. The third kappa shape index (κ3) is 4.94. The molecule has 0 aliphatic rings. The maximum atomic E-state index is 11.2. The van der Waals surface area contributed by atoms with Crippen LogP contribution in [0.2, 0.25) is 0 Å². The molecule has 94 valence electrons. The predicted octanol–water partition coefficient (Wildman–Crippen LogP) is -0.861. The Balaban J connectivity index is 4.41. The molecule has 0 bridgehead atoms. The van der Waals surface area contributed by atoms with Crippen LogP contribution in [0.15, 0.2) is 0 Å². The first kappa shape index (κ1) is 14.6. The quantitative estimate of drug-likeness (QED) is 0.373. The summed E-state index contributed by atoms with van der Waals surface area (Å²) >= 11 is 0. The van der Waals surface area contributed by atoms with Crippen molar-refractivity contribution in [2.45, 2.75) is 13.8 Å². The molecule has 0 aromatic carbocycles. The zero-order valence-corrected chi connectivity index (χ0v) is 10.1. The van der Waals surface area contributed by atoms with Crippen LogP contribution in [0.4, 0.5) is 4.79 Å². The highest BCUT2D eigenvalue weighted by molar-refractivity contribution is 7.88. The van der Waals surface area contributed by atoms with Crippen LogP contribution in [-0.2, 0) is 14.9 Å². The molecule has 0 atom stereocenters. The van der Waals surface area contributed by atoms with E-state index in [1.54, 1.807) is 18.6 Å². The SMILES string of the molecule is COC(=O)NS(=O)(=O)NCC(C)(C)C(=N)N. The number of ether oxygens (including phenoxy) is 1. The van der Waals surface area contributed by atoms with Gasteiger partial charge in [-0.2, -0.15) is 13.1 Å². The van der Waals surface area contributed by atoms with Gasteiger partial charge < -0.3 is 10.5 Å². The van der Waals surface area contributed by atoms with Crippen LogP contribution in [0.25, 0.3) is 0 Å². The van der Waals surface area contributed by atoms with Gasteiger partial charge in [0.25, 0.3) is 0 Å². The normalized spacial score (nSPS) is 11.9. The Morgan fingerprint density at radius 1 is 1.50 bits per heavy atom. The Hall–Kier alpha value is -1.35. The average Bonchev–Trinajstić information content (AvgIpc) is 2.14. The van der Waals surface area contributed by atoms with Crippen LogP contribution in [0.1, 0.15) is 13.8 Å². The van der Waals surface area contributed by atoms with Crippen molar-refractivity contribution in [3.05, 3.63) is 0 Å². The summed E-state index contributed by atoms with van der Waals surface area (Å²) in [6.45, 7) is 3.08. The molecule has 0 aromatic rings. The van der Waals surface area contributed by atoms with Gasteiger partial charge in [0.05, 0.1) is 12.9 Å². The Bertz CT molecular complexity index is 376. The minimum Gasteiger partial charge on any atom is -0.452 e. The van der Waals surface area contributed by atoms with Crippen molar-refractivity contribution in [3.8, 4) is 0 Å². The van der Waals surface area contributed by atoms with Crippen LogP contribution in [0.5, 0.6) is 0 Å². The van der Waals surface area contributed by atoms with E-state index in [2.05, 4.69) is 9.46 Å². The van der Waals surface area contributed by atoms with Crippen LogP contribution >= 0.6 is 0 Å². The predicted molar refractivity (Wildman–Crippen MR) is 58.2 cm³/mol. The van der Waals surface area contributed by atoms with E-state index in [9.17, 15) is 13.2 Å². The lowest BCUT2D eigenvalue weighted by molar-refractivity contribution is 0.177. The van der Waals surface area contributed by atoms with E-state index in [-0.39, 0.29) is 12.4 Å². The molecule has 0 saturated heterocycles.